The van der Waals surface area contributed by atoms with Crippen LogP contribution >= 0.6 is 15.9 Å². The van der Waals surface area contributed by atoms with Crippen molar-refractivity contribution in [1.29, 1.82) is 5.26 Å². The number of nitrogens with two attached hydrogens (primary N) is 1. The molecule has 6 nitrogen and oxygen atoms in total. The average Bonchev–Trinajstić information content (AvgIpc) is 3.01. The fourth-order valence-corrected chi connectivity index (χ4v) is 5.99. The second-order valence-corrected chi connectivity index (χ2v) is 10.6. The minimum Gasteiger partial charge on any atom is -0.384 e. The minimum absolute atomic E-state index is 0.0825. The maximum Gasteiger partial charge on any atom is 0.245 e. The molecular weight excluding hydrogens is 480 g/mol. The van der Waals surface area contributed by atoms with E-state index in [0.29, 0.717) is 28.9 Å². The highest BCUT2D eigenvalue weighted by atomic mass is 79.9. The summed E-state index contributed by atoms with van der Waals surface area (Å²) < 4.78 is 0.915. The van der Waals surface area contributed by atoms with Gasteiger partial charge >= 0.3 is 0 Å². The molecule has 1 amide bonds. The van der Waals surface area contributed by atoms with Crippen LogP contribution in [0.2, 0.25) is 0 Å². The first-order chi connectivity index (χ1) is 15.6. The molecule has 0 aromatic heterocycles. The number of Topliss-reactive ketones (excluding diaryl/α,β-unsaturated/α-hetero) is 1. The highest BCUT2D eigenvalue weighted by Crippen LogP contribution is 2.57. The van der Waals surface area contributed by atoms with E-state index in [2.05, 4.69) is 27.3 Å². The van der Waals surface area contributed by atoms with E-state index in [9.17, 15) is 14.9 Å². The molecule has 3 aliphatic rings. The van der Waals surface area contributed by atoms with Crippen molar-refractivity contribution in [2.75, 3.05) is 10.2 Å². The van der Waals surface area contributed by atoms with Gasteiger partial charge in [0.1, 0.15) is 17.3 Å². The van der Waals surface area contributed by atoms with Crippen LogP contribution < -0.4 is 16.0 Å². The Bertz CT molecular complexity index is 1360. The molecule has 1 unspecified atom stereocenters. The van der Waals surface area contributed by atoms with Crippen molar-refractivity contribution >= 4 is 39.0 Å². The van der Waals surface area contributed by atoms with E-state index in [1.807, 2.05) is 56.0 Å². The summed E-state index contributed by atoms with van der Waals surface area (Å²) in [6.45, 7) is 6.03. The van der Waals surface area contributed by atoms with Gasteiger partial charge in [-0.3, -0.25) is 14.5 Å². The van der Waals surface area contributed by atoms with Gasteiger partial charge in [0.15, 0.2) is 5.78 Å². The van der Waals surface area contributed by atoms with Crippen molar-refractivity contribution in [3.63, 3.8) is 0 Å². The molecule has 33 heavy (non-hydrogen) atoms. The smallest absolute Gasteiger partial charge is 0.245 e. The van der Waals surface area contributed by atoms with E-state index >= 15 is 0 Å². The normalized spacial score (nSPS) is 23.4. The van der Waals surface area contributed by atoms with Gasteiger partial charge in [-0.25, -0.2) is 0 Å². The summed E-state index contributed by atoms with van der Waals surface area (Å²) in [5.41, 5.74) is 8.90. The lowest BCUT2D eigenvalue weighted by Crippen LogP contribution is -2.52. The molecule has 2 aliphatic heterocycles. The zero-order chi connectivity index (χ0) is 23.7. The number of nitrogens with one attached hydrogen (secondary N) is 1. The van der Waals surface area contributed by atoms with E-state index in [1.165, 1.54) is 0 Å². The third kappa shape index (κ3) is 2.83. The van der Waals surface area contributed by atoms with Crippen LogP contribution in [0.1, 0.15) is 37.8 Å². The third-order valence-electron chi connectivity index (χ3n) is 6.80. The van der Waals surface area contributed by atoms with Crippen molar-refractivity contribution in [3.8, 4) is 6.07 Å². The number of nitriles is 1. The molecule has 7 heteroatoms. The van der Waals surface area contributed by atoms with Crippen LogP contribution in [0.5, 0.6) is 0 Å². The molecule has 0 radical (unpaired) electrons. The van der Waals surface area contributed by atoms with Gasteiger partial charge in [-0.1, -0.05) is 48.0 Å². The molecule has 5 rings (SSSR count). The van der Waals surface area contributed by atoms with Crippen molar-refractivity contribution in [3.05, 3.63) is 80.7 Å². The van der Waals surface area contributed by atoms with Crippen LogP contribution in [0.15, 0.2) is 69.6 Å². The van der Waals surface area contributed by atoms with Crippen molar-refractivity contribution in [2.24, 2.45) is 11.1 Å². The lowest BCUT2D eigenvalue weighted by atomic mass is 9.60. The first kappa shape index (κ1) is 21.5. The number of halogens is 1. The standard InChI is InChI=1S/C26H23BrN4O2/c1-14-10-15(27)8-9-19(14)31-20-11-25(2,3)12-21(32)22(20)26(17(13-28)23(31)29)16-6-4-5-7-18(16)30-24(26)33/h4-10H,11-12,29H2,1-3H3,(H,30,33). The molecule has 2 aromatic carbocycles. The number of anilines is 2. The Morgan fingerprint density at radius 3 is 2.58 bits per heavy atom. The fraction of sp³-hybridized carbons (Fsp3) is 0.269. The van der Waals surface area contributed by atoms with E-state index in [1.54, 1.807) is 12.1 Å². The number of benzene rings is 2. The number of hydrogen-bond acceptors (Lipinski definition) is 5. The third-order valence-corrected chi connectivity index (χ3v) is 7.29. The maximum atomic E-state index is 13.8. The number of carbonyl (C=O) groups is 2. The average molecular weight is 503 g/mol. The summed E-state index contributed by atoms with van der Waals surface area (Å²) in [7, 11) is 0. The Morgan fingerprint density at radius 1 is 1.15 bits per heavy atom. The highest BCUT2D eigenvalue weighted by Gasteiger charge is 2.61. The van der Waals surface area contributed by atoms with Gasteiger partial charge in [0.05, 0.1) is 11.3 Å². The van der Waals surface area contributed by atoms with Crippen LogP contribution in [0.3, 0.4) is 0 Å². The summed E-state index contributed by atoms with van der Waals surface area (Å²) in [6.07, 6.45) is 0.828. The van der Waals surface area contributed by atoms with Crippen LogP contribution in [0, 0.1) is 23.7 Å². The Morgan fingerprint density at radius 2 is 1.88 bits per heavy atom. The quantitative estimate of drug-likeness (QED) is 0.582. The summed E-state index contributed by atoms with van der Waals surface area (Å²) in [5.74, 6) is -0.358. The first-order valence-electron chi connectivity index (χ1n) is 10.8. The maximum absolute atomic E-state index is 13.8. The number of para-hydroxylation sites is 1. The van der Waals surface area contributed by atoms with Crippen LogP contribution in [0.4, 0.5) is 11.4 Å². The van der Waals surface area contributed by atoms with E-state index in [0.717, 1.165) is 15.7 Å². The van der Waals surface area contributed by atoms with E-state index < -0.39 is 11.3 Å². The summed E-state index contributed by atoms with van der Waals surface area (Å²) in [6, 6.07) is 15.2. The second-order valence-electron chi connectivity index (χ2n) is 9.65. The molecule has 1 atom stereocenters. The number of amides is 1. The highest BCUT2D eigenvalue weighted by molar-refractivity contribution is 9.10. The molecule has 2 heterocycles. The predicted octanol–water partition coefficient (Wildman–Crippen LogP) is 4.80. The van der Waals surface area contributed by atoms with Crippen LogP contribution in [-0.2, 0) is 15.0 Å². The number of allylic oxidation sites excluding steroid dienone is 1. The van der Waals surface area contributed by atoms with E-state index in [4.69, 9.17) is 5.73 Å². The summed E-state index contributed by atoms with van der Waals surface area (Å²) in [5, 5.41) is 13.3. The number of rotatable bonds is 1. The molecule has 0 saturated heterocycles. The monoisotopic (exact) mass is 502 g/mol. The Hall–Kier alpha value is -3.37. The molecule has 1 aliphatic carbocycles. The Balaban J connectivity index is 1.91. The van der Waals surface area contributed by atoms with Gasteiger partial charge < -0.3 is 11.1 Å². The van der Waals surface area contributed by atoms with Gasteiger partial charge in [0.25, 0.3) is 0 Å². The molecule has 0 fully saturated rings. The summed E-state index contributed by atoms with van der Waals surface area (Å²) >= 11 is 3.50. The van der Waals surface area contributed by atoms with Crippen molar-refractivity contribution in [1.82, 2.24) is 0 Å². The Labute approximate surface area is 200 Å². The number of aryl methyl sites for hydroxylation is 1. The molecule has 0 saturated carbocycles. The number of fused-ring (bicyclic) bond motifs is 3. The van der Waals surface area contributed by atoms with Crippen molar-refractivity contribution in [2.45, 2.75) is 39.0 Å². The molecule has 2 aromatic rings. The zero-order valence-electron chi connectivity index (χ0n) is 18.6. The number of carbonyl (C=O) groups excluding carboxylic acids is 2. The predicted molar refractivity (Wildman–Crippen MR) is 130 cm³/mol. The van der Waals surface area contributed by atoms with Crippen molar-refractivity contribution < 1.29 is 9.59 Å². The Kier molecular flexibility index (Phi) is 4.60. The number of ketones is 1. The number of nitrogens with zero attached hydrogens (tertiary/aromatic N) is 2. The van der Waals surface area contributed by atoms with Gasteiger partial charge in [-0.15, -0.1) is 0 Å². The zero-order valence-corrected chi connectivity index (χ0v) is 20.2. The molecule has 166 valence electrons. The van der Waals surface area contributed by atoms with Gasteiger partial charge in [-0.2, -0.15) is 5.26 Å². The molecule has 0 bridgehead atoms. The topological polar surface area (TPSA) is 99.2 Å². The lowest BCUT2D eigenvalue weighted by molar-refractivity contribution is -0.123. The number of hydrogen-bond donors (Lipinski definition) is 2. The first-order valence-corrected chi connectivity index (χ1v) is 11.6. The van der Waals surface area contributed by atoms with Gasteiger partial charge in [0, 0.05) is 33.4 Å². The van der Waals surface area contributed by atoms with Gasteiger partial charge in [-0.05, 0) is 48.6 Å². The molecular formula is C26H23BrN4O2. The minimum atomic E-state index is -1.54. The second kappa shape index (κ2) is 7.06. The summed E-state index contributed by atoms with van der Waals surface area (Å²) in [4.78, 5) is 29.3. The lowest BCUT2D eigenvalue weighted by Gasteiger charge is -2.47. The molecule has 1 spiro atoms. The SMILES string of the molecule is Cc1cc(Br)ccc1N1C(N)=C(C#N)C2(C(=O)Nc3ccccc32)C2=C1CC(C)(C)CC2=O. The van der Waals surface area contributed by atoms with Crippen LogP contribution in [-0.4, -0.2) is 11.7 Å². The van der Waals surface area contributed by atoms with Gasteiger partial charge in [0.2, 0.25) is 5.91 Å². The largest absolute Gasteiger partial charge is 0.384 e. The fourth-order valence-electron chi connectivity index (χ4n) is 5.52. The van der Waals surface area contributed by atoms with Crippen LogP contribution in [0.25, 0.3) is 0 Å². The molecule has 3 N–H and O–H groups in total. The van der Waals surface area contributed by atoms with E-state index in [-0.39, 0.29) is 29.0 Å².